The van der Waals surface area contributed by atoms with E-state index in [0.29, 0.717) is 0 Å². The summed E-state index contributed by atoms with van der Waals surface area (Å²) in [6, 6.07) is 0. The number of nitrogens with zero attached hydrogens (tertiary/aromatic N) is 1. The van der Waals surface area contributed by atoms with E-state index in [-0.39, 0.29) is 14.9 Å². The summed E-state index contributed by atoms with van der Waals surface area (Å²) in [5.74, 6) is 0. The Bertz CT molecular complexity index is 55.6. The maximum atomic E-state index is 2.12. The van der Waals surface area contributed by atoms with Crippen molar-refractivity contribution in [3.63, 3.8) is 0 Å². The van der Waals surface area contributed by atoms with Crippen LogP contribution in [0.25, 0.3) is 0 Å². The molecule has 0 aliphatic heterocycles. The van der Waals surface area contributed by atoms with Gasteiger partial charge >= 0.3 is 0 Å². The Morgan fingerprint density at radius 2 is 1.67 bits per heavy atom. The molecule has 0 aliphatic rings. The highest BCUT2D eigenvalue weighted by molar-refractivity contribution is 4.78. The molecule has 58 valence electrons. The van der Waals surface area contributed by atoms with Crippen molar-refractivity contribution < 1.29 is 0 Å². The molecule has 0 aliphatic carbocycles. The normalized spacial score (nSPS) is 8.89. The highest BCUT2D eigenvalue weighted by Crippen LogP contribution is 1.74. The Balaban J connectivity index is -0.000000180. The van der Waals surface area contributed by atoms with Gasteiger partial charge in [-0.3, -0.25) is 0 Å². The van der Waals surface area contributed by atoms with Gasteiger partial charge in [-0.15, -0.1) is 0 Å². The first-order valence-corrected chi connectivity index (χ1v) is 2.53. The third-order valence-corrected chi connectivity index (χ3v) is 0.706. The van der Waals surface area contributed by atoms with E-state index in [1.807, 2.05) is 6.92 Å². The van der Waals surface area contributed by atoms with Gasteiger partial charge in [0.05, 0.1) is 0 Å². The highest BCUT2D eigenvalue weighted by Gasteiger charge is 1.77. The van der Waals surface area contributed by atoms with Crippen LogP contribution >= 0.6 is 0 Å². The Labute approximate surface area is 60.4 Å². The number of hydrogen-bond donors (Lipinski definition) is 0. The van der Waals surface area contributed by atoms with Crippen LogP contribution in [-0.4, -0.2) is 25.5 Å². The molecule has 0 spiro atoms. The van der Waals surface area contributed by atoms with Crippen molar-refractivity contribution >= 4 is 0 Å². The molecule has 0 atom stereocenters. The minimum absolute atomic E-state index is 0. The lowest BCUT2D eigenvalue weighted by atomic mass is 10.5. The van der Waals surface area contributed by atoms with E-state index < -0.39 is 0 Å². The van der Waals surface area contributed by atoms with Gasteiger partial charge in [-0.1, -0.05) is 27.0 Å². The van der Waals surface area contributed by atoms with Gasteiger partial charge in [0.2, 0.25) is 0 Å². The third kappa shape index (κ3) is 18.3. The zero-order valence-corrected chi connectivity index (χ0v) is 5.31. The Morgan fingerprint density at radius 1 is 1.22 bits per heavy atom. The average Bonchev–Trinajstić information content (AvgIpc) is 1.61. The first-order chi connectivity index (χ1) is 3.27. The summed E-state index contributed by atoms with van der Waals surface area (Å²) in [6.45, 7) is 3.08. The zero-order chi connectivity index (χ0) is 5.70. The summed E-state index contributed by atoms with van der Waals surface area (Å²) in [6.07, 6.45) is 4.18. The van der Waals surface area contributed by atoms with Crippen LogP contribution in [0.5, 0.6) is 0 Å². The van der Waals surface area contributed by atoms with Crippen LogP contribution in [0.1, 0.15) is 21.8 Å². The molecule has 0 rings (SSSR count). The first kappa shape index (κ1) is 15.9. The van der Waals surface area contributed by atoms with E-state index >= 15 is 0 Å². The second-order valence-corrected chi connectivity index (χ2v) is 1.83. The topological polar surface area (TPSA) is 3.24 Å². The van der Waals surface area contributed by atoms with Crippen LogP contribution < -0.4 is 0 Å². The maximum absolute atomic E-state index is 2.12. The van der Waals surface area contributed by atoms with Crippen LogP contribution in [0.15, 0.2) is 12.2 Å². The van der Waals surface area contributed by atoms with Gasteiger partial charge in [-0.2, -0.15) is 0 Å². The van der Waals surface area contributed by atoms with Gasteiger partial charge in [0.1, 0.15) is 0 Å². The standard InChI is InChI=1S/C6H13N.2CH4/c1-4-5-6-7(2)3;;/h4-5H,6H2,1-3H3;2*1H4. The molecular formula is C8H21N. The van der Waals surface area contributed by atoms with Gasteiger partial charge in [-0.25, -0.2) is 0 Å². The molecule has 0 saturated heterocycles. The summed E-state index contributed by atoms with van der Waals surface area (Å²) in [5.41, 5.74) is 0. The quantitative estimate of drug-likeness (QED) is 0.520. The molecule has 0 heterocycles. The van der Waals surface area contributed by atoms with Crippen LogP contribution in [-0.2, 0) is 0 Å². The molecule has 0 N–H and O–H groups in total. The molecule has 0 fully saturated rings. The van der Waals surface area contributed by atoms with E-state index in [1.54, 1.807) is 0 Å². The molecule has 1 nitrogen and oxygen atoms in total. The lowest BCUT2D eigenvalue weighted by Crippen LogP contribution is -2.10. The van der Waals surface area contributed by atoms with Crippen LogP contribution in [0.3, 0.4) is 0 Å². The van der Waals surface area contributed by atoms with Gasteiger partial charge in [0.25, 0.3) is 0 Å². The summed E-state index contributed by atoms with van der Waals surface area (Å²) in [5, 5.41) is 0. The van der Waals surface area contributed by atoms with E-state index in [0.717, 1.165) is 6.54 Å². The molecule has 0 aromatic heterocycles. The van der Waals surface area contributed by atoms with Gasteiger partial charge in [0, 0.05) is 6.54 Å². The molecule has 0 aromatic carbocycles. The summed E-state index contributed by atoms with van der Waals surface area (Å²) in [4.78, 5) is 2.12. The maximum Gasteiger partial charge on any atom is 0.0157 e. The lowest BCUT2D eigenvalue weighted by Gasteiger charge is -2.02. The van der Waals surface area contributed by atoms with Crippen LogP contribution in [0.4, 0.5) is 0 Å². The minimum atomic E-state index is 0. The minimum Gasteiger partial charge on any atom is -0.306 e. The third-order valence-electron chi connectivity index (χ3n) is 0.706. The van der Waals surface area contributed by atoms with Crippen molar-refractivity contribution in [2.24, 2.45) is 0 Å². The van der Waals surface area contributed by atoms with Gasteiger partial charge in [0.15, 0.2) is 0 Å². The fourth-order valence-electron chi connectivity index (χ4n) is 0.316. The SMILES string of the molecule is C.C.CC=CCN(C)C. The fourth-order valence-corrected chi connectivity index (χ4v) is 0.316. The highest BCUT2D eigenvalue weighted by atomic mass is 15.0. The monoisotopic (exact) mass is 131 g/mol. The van der Waals surface area contributed by atoms with Crippen molar-refractivity contribution in [2.45, 2.75) is 21.8 Å². The predicted molar refractivity (Wildman–Crippen MR) is 46.8 cm³/mol. The lowest BCUT2D eigenvalue weighted by molar-refractivity contribution is 0.456. The molecule has 0 saturated carbocycles. The molecule has 9 heavy (non-hydrogen) atoms. The predicted octanol–water partition coefficient (Wildman–Crippen LogP) is 2.40. The number of rotatable bonds is 2. The fraction of sp³-hybridized carbons (Fsp3) is 0.750. The van der Waals surface area contributed by atoms with Crippen molar-refractivity contribution in [3.8, 4) is 0 Å². The van der Waals surface area contributed by atoms with Gasteiger partial charge < -0.3 is 4.90 Å². The van der Waals surface area contributed by atoms with E-state index in [2.05, 4.69) is 31.1 Å². The molecule has 0 amide bonds. The van der Waals surface area contributed by atoms with Crippen molar-refractivity contribution in [1.82, 2.24) is 4.90 Å². The molecule has 1 heteroatoms. The van der Waals surface area contributed by atoms with E-state index in [9.17, 15) is 0 Å². The van der Waals surface area contributed by atoms with Crippen LogP contribution in [0, 0.1) is 0 Å². The molecule has 0 radical (unpaired) electrons. The van der Waals surface area contributed by atoms with Crippen molar-refractivity contribution in [2.75, 3.05) is 20.6 Å². The molecule has 0 aromatic rings. The summed E-state index contributed by atoms with van der Waals surface area (Å²) < 4.78 is 0. The number of hydrogen-bond acceptors (Lipinski definition) is 1. The molecule has 0 unspecified atom stereocenters. The second-order valence-electron chi connectivity index (χ2n) is 1.83. The van der Waals surface area contributed by atoms with Crippen LogP contribution in [0.2, 0.25) is 0 Å². The Morgan fingerprint density at radius 3 is 1.78 bits per heavy atom. The number of likely N-dealkylation sites (N-methyl/N-ethyl adjacent to an activating group) is 1. The second kappa shape index (κ2) is 10.6. The van der Waals surface area contributed by atoms with E-state index in [1.165, 1.54) is 0 Å². The molecular weight excluding hydrogens is 110 g/mol. The van der Waals surface area contributed by atoms with Crippen molar-refractivity contribution in [3.05, 3.63) is 12.2 Å². The first-order valence-electron chi connectivity index (χ1n) is 2.53. The number of allylic oxidation sites excluding steroid dienone is 1. The summed E-state index contributed by atoms with van der Waals surface area (Å²) >= 11 is 0. The van der Waals surface area contributed by atoms with E-state index in [4.69, 9.17) is 0 Å². The van der Waals surface area contributed by atoms with Gasteiger partial charge in [-0.05, 0) is 21.0 Å². The smallest absolute Gasteiger partial charge is 0.0157 e. The largest absolute Gasteiger partial charge is 0.306 e. The zero-order valence-electron chi connectivity index (χ0n) is 5.31. The Kier molecular flexibility index (Phi) is 18.8. The Hall–Kier alpha value is -0.300. The average molecular weight is 131 g/mol. The molecule has 0 bridgehead atoms. The summed E-state index contributed by atoms with van der Waals surface area (Å²) in [7, 11) is 4.11. The van der Waals surface area contributed by atoms with Crippen molar-refractivity contribution in [1.29, 1.82) is 0 Å².